The molecule has 0 atom stereocenters. The van der Waals surface area contributed by atoms with Gasteiger partial charge in [-0.1, -0.05) is 6.07 Å². The van der Waals surface area contributed by atoms with Crippen LogP contribution >= 0.6 is 0 Å². The molecule has 2 heterocycles. The highest BCUT2D eigenvalue weighted by Gasteiger charge is 2.06. The molecule has 0 fully saturated rings. The van der Waals surface area contributed by atoms with Crippen molar-refractivity contribution in [3.63, 3.8) is 0 Å². The lowest BCUT2D eigenvalue weighted by atomic mass is 10.1. The zero-order valence-corrected chi connectivity index (χ0v) is 8.15. The summed E-state index contributed by atoms with van der Waals surface area (Å²) in [7, 11) is 0. The first-order valence-electron chi connectivity index (χ1n) is 4.40. The number of rotatable bonds is 1. The van der Waals surface area contributed by atoms with Gasteiger partial charge in [0.2, 0.25) is 0 Å². The van der Waals surface area contributed by atoms with Gasteiger partial charge in [-0.05, 0) is 25.5 Å². The van der Waals surface area contributed by atoms with Crippen molar-refractivity contribution >= 4 is 0 Å². The third-order valence-electron chi connectivity index (χ3n) is 2.09. The van der Waals surface area contributed by atoms with Gasteiger partial charge in [-0.15, -0.1) is 0 Å². The number of hydrogen-bond donors (Lipinski definition) is 0. The molecule has 0 aliphatic heterocycles. The highest BCUT2D eigenvalue weighted by molar-refractivity contribution is 5.63. The van der Waals surface area contributed by atoms with Crippen LogP contribution in [-0.2, 0) is 0 Å². The lowest BCUT2D eigenvalue weighted by molar-refractivity contribution is 1.08. The molecule has 0 aliphatic rings. The number of nitrogens with zero attached hydrogens (tertiary/aromatic N) is 3. The van der Waals surface area contributed by atoms with Crippen molar-refractivity contribution in [3.05, 3.63) is 42.1 Å². The van der Waals surface area contributed by atoms with E-state index in [0.717, 1.165) is 22.5 Å². The normalized spacial score (nSPS) is 10.1. The summed E-state index contributed by atoms with van der Waals surface area (Å²) in [6, 6.07) is 3.93. The van der Waals surface area contributed by atoms with E-state index in [2.05, 4.69) is 21.1 Å². The van der Waals surface area contributed by atoms with Crippen molar-refractivity contribution in [2.24, 2.45) is 0 Å². The van der Waals surface area contributed by atoms with Gasteiger partial charge in [0.25, 0.3) is 0 Å². The van der Waals surface area contributed by atoms with E-state index in [0.29, 0.717) is 0 Å². The monoisotopic (exact) mass is 184 g/mol. The average molecular weight is 184 g/mol. The van der Waals surface area contributed by atoms with E-state index in [-0.39, 0.29) is 0 Å². The fraction of sp³-hybridized carbons (Fsp3) is 0.182. The maximum Gasteiger partial charge on any atom is 0.116 e. The first-order valence-corrected chi connectivity index (χ1v) is 4.40. The molecule has 3 heteroatoms. The smallest absolute Gasteiger partial charge is 0.116 e. The minimum atomic E-state index is 0.880. The second-order valence-corrected chi connectivity index (χ2v) is 3.11. The van der Waals surface area contributed by atoms with Crippen molar-refractivity contribution in [1.29, 1.82) is 0 Å². The van der Waals surface area contributed by atoms with Crippen molar-refractivity contribution in [2.45, 2.75) is 13.8 Å². The minimum Gasteiger partial charge on any atom is -0.256 e. The van der Waals surface area contributed by atoms with Crippen LogP contribution in [0, 0.1) is 20.0 Å². The number of pyridine rings is 1. The molecule has 0 N–H and O–H groups in total. The van der Waals surface area contributed by atoms with E-state index in [1.54, 1.807) is 6.20 Å². The Labute approximate surface area is 82.9 Å². The summed E-state index contributed by atoms with van der Waals surface area (Å²) >= 11 is 0. The molecule has 2 aromatic heterocycles. The Morgan fingerprint density at radius 1 is 1.21 bits per heavy atom. The third-order valence-corrected chi connectivity index (χ3v) is 2.09. The summed E-state index contributed by atoms with van der Waals surface area (Å²) in [5, 5.41) is 0. The topological polar surface area (TPSA) is 38.7 Å². The zero-order valence-electron chi connectivity index (χ0n) is 8.15. The quantitative estimate of drug-likeness (QED) is 0.680. The summed E-state index contributed by atoms with van der Waals surface area (Å²) in [6.07, 6.45) is 6.18. The van der Waals surface area contributed by atoms with Crippen LogP contribution in [0.4, 0.5) is 0 Å². The SMILES string of the molecule is Cc1cccnc1-c1[c]ncnc1C. The Hall–Kier alpha value is -1.77. The summed E-state index contributed by atoms with van der Waals surface area (Å²) < 4.78 is 0. The molecule has 0 unspecified atom stereocenters. The first-order chi connectivity index (χ1) is 6.79. The molecule has 2 aromatic rings. The molecule has 2 rings (SSSR count). The second kappa shape index (κ2) is 3.54. The number of aromatic nitrogens is 3. The van der Waals surface area contributed by atoms with Gasteiger partial charge in [-0.2, -0.15) is 0 Å². The molecular formula is C11H10N3. The molecule has 3 nitrogen and oxygen atoms in total. The van der Waals surface area contributed by atoms with Gasteiger partial charge in [-0.3, -0.25) is 4.98 Å². The lowest BCUT2D eigenvalue weighted by Crippen LogP contribution is -1.93. The summed E-state index contributed by atoms with van der Waals surface area (Å²) in [5.74, 6) is 0. The van der Waals surface area contributed by atoms with Crippen molar-refractivity contribution in [3.8, 4) is 11.3 Å². The molecule has 0 bridgehead atoms. The Morgan fingerprint density at radius 2 is 2.07 bits per heavy atom. The van der Waals surface area contributed by atoms with Gasteiger partial charge in [0, 0.05) is 11.8 Å². The van der Waals surface area contributed by atoms with Crippen LogP contribution in [0.25, 0.3) is 11.3 Å². The lowest BCUT2D eigenvalue weighted by Gasteiger charge is -2.04. The van der Waals surface area contributed by atoms with Crippen molar-refractivity contribution in [1.82, 2.24) is 15.0 Å². The van der Waals surface area contributed by atoms with E-state index < -0.39 is 0 Å². The summed E-state index contributed by atoms with van der Waals surface area (Å²) in [6.45, 7) is 3.95. The van der Waals surface area contributed by atoms with Gasteiger partial charge >= 0.3 is 0 Å². The highest BCUT2D eigenvalue weighted by atomic mass is 14.8. The van der Waals surface area contributed by atoms with E-state index in [1.165, 1.54) is 6.33 Å². The van der Waals surface area contributed by atoms with Crippen LogP contribution in [0.1, 0.15) is 11.3 Å². The van der Waals surface area contributed by atoms with Gasteiger partial charge in [0.1, 0.15) is 12.5 Å². The third kappa shape index (κ3) is 1.48. The molecule has 0 spiro atoms. The minimum absolute atomic E-state index is 0.880. The molecule has 0 amide bonds. The fourth-order valence-corrected chi connectivity index (χ4v) is 1.33. The standard InChI is InChI=1S/C11H10N3/c1-8-4-3-5-13-11(8)10-6-12-7-14-9(10)2/h3-5,7H,1-2H3. The van der Waals surface area contributed by atoms with Crippen LogP contribution in [0.2, 0.25) is 0 Å². The molecule has 69 valence electrons. The molecule has 0 saturated heterocycles. The van der Waals surface area contributed by atoms with Crippen molar-refractivity contribution in [2.75, 3.05) is 0 Å². The van der Waals surface area contributed by atoms with E-state index >= 15 is 0 Å². The average Bonchev–Trinajstić information content (AvgIpc) is 2.20. The molecule has 14 heavy (non-hydrogen) atoms. The molecule has 0 aliphatic carbocycles. The molecule has 0 aromatic carbocycles. The predicted molar refractivity (Wildman–Crippen MR) is 53.6 cm³/mol. The van der Waals surface area contributed by atoms with Gasteiger partial charge in [-0.25, -0.2) is 9.97 Å². The van der Waals surface area contributed by atoms with Crippen LogP contribution < -0.4 is 0 Å². The Morgan fingerprint density at radius 3 is 2.79 bits per heavy atom. The first kappa shape index (κ1) is 8.81. The van der Waals surface area contributed by atoms with Crippen LogP contribution in [0.5, 0.6) is 0 Å². The second-order valence-electron chi connectivity index (χ2n) is 3.11. The highest BCUT2D eigenvalue weighted by Crippen LogP contribution is 2.20. The van der Waals surface area contributed by atoms with Gasteiger partial charge < -0.3 is 0 Å². The molecular weight excluding hydrogens is 174 g/mol. The summed E-state index contributed by atoms with van der Waals surface area (Å²) in [4.78, 5) is 12.3. The Kier molecular flexibility index (Phi) is 2.23. The maximum atomic E-state index is 4.30. The molecule has 1 radical (unpaired) electrons. The fourth-order valence-electron chi connectivity index (χ4n) is 1.33. The Balaban J connectivity index is 2.61. The zero-order chi connectivity index (χ0) is 9.97. The van der Waals surface area contributed by atoms with Crippen LogP contribution in [-0.4, -0.2) is 15.0 Å². The predicted octanol–water partition coefficient (Wildman–Crippen LogP) is 1.96. The maximum absolute atomic E-state index is 4.30. The van der Waals surface area contributed by atoms with E-state index in [9.17, 15) is 0 Å². The van der Waals surface area contributed by atoms with Crippen LogP contribution in [0.15, 0.2) is 24.7 Å². The van der Waals surface area contributed by atoms with Crippen molar-refractivity contribution < 1.29 is 0 Å². The van der Waals surface area contributed by atoms with E-state index in [1.807, 2.05) is 26.0 Å². The largest absolute Gasteiger partial charge is 0.256 e. The summed E-state index contributed by atoms with van der Waals surface area (Å²) in [5.41, 5.74) is 3.81. The number of aryl methyl sites for hydroxylation is 2. The van der Waals surface area contributed by atoms with E-state index in [4.69, 9.17) is 0 Å². The number of hydrogen-bond acceptors (Lipinski definition) is 3. The van der Waals surface area contributed by atoms with Crippen LogP contribution in [0.3, 0.4) is 0 Å². The Bertz CT molecular complexity index is 408. The van der Waals surface area contributed by atoms with Gasteiger partial charge in [0.15, 0.2) is 0 Å². The van der Waals surface area contributed by atoms with Gasteiger partial charge in [0.05, 0.1) is 11.4 Å². The molecule has 0 saturated carbocycles.